The van der Waals surface area contributed by atoms with Crippen LogP contribution in [0.2, 0.25) is 0 Å². The number of nitrogens with zero attached hydrogens (tertiary/aromatic N) is 3. The SMILES string of the molecule is CC(C)N(CC(=O)O)C(=O)NCc1ccncn1. The molecule has 0 fully saturated rings. The van der Waals surface area contributed by atoms with Crippen LogP contribution in [0.5, 0.6) is 0 Å². The summed E-state index contributed by atoms with van der Waals surface area (Å²) in [6.07, 6.45) is 2.96. The molecule has 98 valence electrons. The van der Waals surface area contributed by atoms with Crippen molar-refractivity contribution in [3.63, 3.8) is 0 Å². The summed E-state index contributed by atoms with van der Waals surface area (Å²) >= 11 is 0. The van der Waals surface area contributed by atoms with Gasteiger partial charge in [0.1, 0.15) is 12.9 Å². The van der Waals surface area contributed by atoms with Gasteiger partial charge in [-0.1, -0.05) is 0 Å². The summed E-state index contributed by atoms with van der Waals surface area (Å²) in [5.74, 6) is -1.04. The molecule has 0 saturated heterocycles. The Labute approximate surface area is 105 Å². The number of carbonyl (C=O) groups excluding carboxylic acids is 1. The molecular formula is C11H16N4O3. The van der Waals surface area contributed by atoms with E-state index < -0.39 is 12.0 Å². The standard InChI is InChI=1S/C11H16N4O3/c1-8(2)15(6-10(16)17)11(18)13-5-9-3-4-12-7-14-9/h3-4,7-8H,5-6H2,1-2H3,(H,13,18)(H,16,17). The lowest BCUT2D eigenvalue weighted by molar-refractivity contribution is -0.138. The summed E-state index contributed by atoms with van der Waals surface area (Å²) in [5, 5.41) is 11.3. The molecule has 0 bridgehead atoms. The van der Waals surface area contributed by atoms with E-state index in [2.05, 4.69) is 15.3 Å². The summed E-state index contributed by atoms with van der Waals surface area (Å²) in [5.41, 5.74) is 0.664. The highest BCUT2D eigenvalue weighted by Crippen LogP contribution is 1.99. The van der Waals surface area contributed by atoms with E-state index in [0.29, 0.717) is 5.69 Å². The van der Waals surface area contributed by atoms with Crippen molar-refractivity contribution >= 4 is 12.0 Å². The van der Waals surface area contributed by atoms with E-state index in [1.165, 1.54) is 11.2 Å². The number of amides is 2. The van der Waals surface area contributed by atoms with Gasteiger partial charge >= 0.3 is 12.0 Å². The number of aromatic nitrogens is 2. The maximum absolute atomic E-state index is 11.8. The Balaban J connectivity index is 2.54. The van der Waals surface area contributed by atoms with Gasteiger partial charge in [-0.25, -0.2) is 14.8 Å². The highest BCUT2D eigenvalue weighted by molar-refractivity contribution is 5.80. The van der Waals surface area contributed by atoms with Crippen molar-refractivity contribution < 1.29 is 14.7 Å². The first kappa shape index (κ1) is 13.9. The number of rotatable bonds is 5. The Morgan fingerprint density at radius 3 is 2.72 bits per heavy atom. The number of urea groups is 1. The van der Waals surface area contributed by atoms with Gasteiger partial charge in [0.25, 0.3) is 0 Å². The molecule has 1 rings (SSSR count). The predicted molar refractivity (Wildman–Crippen MR) is 63.7 cm³/mol. The monoisotopic (exact) mass is 252 g/mol. The third-order valence-corrected chi connectivity index (χ3v) is 2.25. The van der Waals surface area contributed by atoms with E-state index in [9.17, 15) is 9.59 Å². The van der Waals surface area contributed by atoms with Gasteiger partial charge in [-0.05, 0) is 19.9 Å². The Morgan fingerprint density at radius 2 is 2.22 bits per heavy atom. The summed E-state index contributed by atoms with van der Waals surface area (Å²) in [7, 11) is 0. The number of aliphatic carboxylic acids is 1. The third-order valence-electron chi connectivity index (χ3n) is 2.25. The molecular weight excluding hydrogens is 236 g/mol. The molecule has 0 aliphatic heterocycles. The first-order valence-electron chi connectivity index (χ1n) is 5.52. The highest BCUT2D eigenvalue weighted by Gasteiger charge is 2.19. The zero-order valence-electron chi connectivity index (χ0n) is 10.3. The lowest BCUT2D eigenvalue weighted by Gasteiger charge is -2.24. The topological polar surface area (TPSA) is 95.4 Å². The lowest BCUT2D eigenvalue weighted by atomic mass is 10.3. The molecule has 0 aromatic carbocycles. The fourth-order valence-electron chi connectivity index (χ4n) is 1.32. The van der Waals surface area contributed by atoms with E-state index in [1.807, 2.05) is 0 Å². The van der Waals surface area contributed by atoms with Gasteiger partial charge in [0, 0.05) is 12.2 Å². The smallest absolute Gasteiger partial charge is 0.323 e. The molecule has 0 aliphatic rings. The van der Waals surface area contributed by atoms with Crippen LogP contribution in [0.4, 0.5) is 4.79 Å². The highest BCUT2D eigenvalue weighted by atomic mass is 16.4. The molecule has 2 amide bonds. The molecule has 1 aromatic rings. The maximum Gasteiger partial charge on any atom is 0.323 e. The van der Waals surface area contributed by atoms with E-state index in [1.54, 1.807) is 26.1 Å². The molecule has 7 heteroatoms. The van der Waals surface area contributed by atoms with Gasteiger partial charge in [0.05, 0.1) is 12.2 Å². The van der Waals surface area contributed by atoms with Crippen molar-refractivity contribution in [2.45, 2.75) is 26.4 Å². The third kappa shape index (κ3) is 4.36. The largest absolute Gasteiger partial charge is 0.480 e. The normalized spacial score (nSPS) is 10.2. The molecule has 0 unspecified atom stereocenters. The number of carbonyl (C=O) groups is 2. The fourth-order valence-corrected chi connectivity index (χ4v) is 1.32. The first-order valence-corrected chi connectivity index (χ1v) is 5.52. The number of hydrogen-bond acceptors (Lipinski definition) is 4. The predicted octanol–water partition coefficient (Wildman–Crippen LogP) is 0.481. The van der Waals surface area contributed by atoms with Crippen LogP contribution in [-0.4, -0.2) is 44.6 Å². The average molecular weight is 252 g/mol. The zero-order chi connectivity index (χ0) is 13.5. The summed E-state index contributed by atoms with van der Waals surface area (Å²) < 4.78 is 0. The van der Waals surface area contributed by atoms with Gasteiger partial charge in [0.2, 0.25) is 0 Å². The van der Waals surface area contributed by atoms with Crippen molar-refractivity contribution in [1.29, 1.82) is 0 Å². The molecule has 0 radical (unpaired) electrons. The van der Waals surface area contributed by atoms with Gasteiger partial charge in [0.15, 0.2) is 0 Å². The van der Waals surface area contributed by atoms with Gasteiger partial charge in [-0.3, -0.25) is 4.79 Å². The molecule has 7 nitrogen and oxygen atoms in total. The van der Waals surface area contributed by atoms with Crippen LogP contribution in [0, 0.1) is 0 Å². The molecule has 2 N–H and O–H groups in total. The van der Waals surface area contributed by atoms with Crippen LogP contribution in [0.25, 0.3) is 0 Å². The van der Waals surface area contributed by atoms with Crippen molar-refractivity contribution in [2.75, 3.05) is 6.54 Å². The Morgan fingerprint density at radius 1 is 1.50 bits per heavy atom. The van der Waals surface area contributed by atoms with Crippen molar-refractivity contribution in [3.8, 4) is 0 Å². The summed E-state index contributed by atoms with van der Waals surface area (Å²) in [6, 6.07) is 1.06. The van der Waals surface area contributed by atoms with Crippen LogP contribution in [0.15, 0.2) is 18.6 Å². The van der Waals surface area contributed by atoms with Crippen LogP contribution in [0.3, 0.4) is 0 Å². The second-order valence-corrected chi connectivity index (χ2v) is 3.97. The zero-order valence-corrected chi connectivity index (χ0v) is 10.3. The van der Waals surface area contributed by atoms with Crippen molar-refractivity contribution in [1.82, 2.24) is 20.2 Å². The Kier molecular flexibility index (Phi) is 5.04. The van der Waals surface area contributed by atoms with E-state index in [4.69, 9.17) is 5.11 Å². The van der Waals surface area contributed by atoms with E-state index >= 15 is 0 Å². The summed E-state index contributed by atoms with van der Waals surface area (Å²) in [4.78, 5) is 31.4. The minimum atomic E-state index is -1.04. The number of hydrogen-bond donors (Lipinski definition) is 2. The van der Waals surface area contributed by atoms with E-state index in [-0.39, 0.29) is 19.1 Å². The first-order chi connectivity index (χ1) is 8.50. The quantitative estimate of drug-likeness (QED) is 0.794. The van der Waals surface area contributed by atoms with Crippen LogP contribution >= 0.6 is 0 Å². The molecule has 1 heterocycles. The minimum Gasteiger partial charge on any atom is -0.480 e. The van der Waals surface area contributed by atoms with Crippen LogP contribution < -0.4 is 5.32 Å². The average Bonchev–Trinajstić information content (AvgIpc) is 2.34. The Hall–Kier alpha value is -2.18. The molecule has 0 atom stereocenters. The number of nitrogens with one attached hydrogen (secondary N) is 1. The fraction of sp³-hybridized carbons (Fsp3) is 0.455. The second-order valence-electron chi connectivity index (χ2n) is 3.97. The maximum atomic E-state index is 11.8. The number of carboxylic acid groups (broad SMARTS) is 1. The molecule has 0 aliphatic carbocycles. The van der Waals surface area contributed by atoms with Crippen molar-refractivity contribution in [2.24, 2.45) is 0 Å². The summed E-state index contributed by atoms with van der Waals surface area (Å²) in [6.45, 7) is 3.43. The minimum absolute atomic E-state index is 0.188. The van der Waals surface area contributed by atoms with Crippen LogP contribution in [0.1, 0.15) is 19.5 Å². The van der Waals surface area contributed by atoms with Gasteiger partial charge in [-0.15, -0.1) is 0 Å². The van der Waals surface area contributed by atoms with Crippen LogP contribution in [-0.2, 0) is 11.3 Å². The molecule has 1 aromatic heterocycles. The molecule has 0 spiro atoms. The molecule has 18 heavy (non-hydrogen) atoms. The molecule has 0 saturated carbocycles. The lowest BCUT2D eigenvalue weighted by Crippen LogP contribution is -2.46. The van der Waals surface area contributed by atoms with Gasteiger partial charge in [-0.2, -0.15) is 0 Å². The van der Waals surface area contributed by atoms with Gasteiger partial charge < -0.3 is 15.3 Å². The second kappa shape index (κ2) is 6.53. The van der Waals surface area contributed by atoms with E-state index in [0.717, 1.165) is 0 Å². The number of carboxylic acids is 1. The van der Waals surface area contributed by atoms with Crippen molar-refractivity contribution in [3.05, 3.63) is 24.3 Å². The Bertz CT molecular complexity index is 408.